The lowest BCUT2D eigenvalue weighted by Crippen LogP contribution is -2.34. The van der Waals surface area contributed by atoms with Crippen molar-refractivity contribution in [1.82, 2.24) is 14.7 Å². The fourth-order valence-corrected chi connectivity index (χ4v) is 3.82. The van der Waals surface area contributed by atoms with E-state index in [1.807, 2.05) is 42.6 Å². The Labute approximate surface area is 163 Å². The molecule has 1 aromatic carbocycles. The standard InChI is InChI=1S/C18H17BrN4O2S/c1-22(18(25)15-7-8-16(19)26-15)12-17(24)21-14-6-3-2-5-13(14)11-23-10-4-9-20-23/h2-10H,11-12H2,1H3,(H,21,24). The van der Waals surface area contributed by atoms with Crippen molar-refractivity contribution < 1.29 is 9.59 Å². The number of para-hydroxylation sites is 1. The van der Waals surface area contributed by atoms with Crippen molar-refractivity contribution in [2.75, 3.05) is 18.9 Å². The number of anilines is 1. The van der Waals surface area contributed by atoms with Crippen molar-refractivity contribution in [3.05, 3.63) is 69.1 Å². The average molecular weight is 433 g/mol. The van der Waals surface area contributed by atoms with Gasteiger partial charge in [-0.2, -0.15) is 5.10 Å². The second-order valence-corrected chi connectivity index (χ2v) is 8.14. The van der Waals surface area contributed by atoms with Crippen molar-refractivity contribution in [3.63, 3.8) is 0 Å². The lowest BCUT2D eigenvalue weighted by Gasteiger charge is -2.17. The van der Waals surface area contributed by atoms with Gasteiger partial charge in [0.25, 0.3) is 5.91 Å². The number of aromatic nitrogens is 2. The average Bonchev–Trinajstić information content (AvgIpc) is 3.27. The number of thiophene rings is 1. The molecule has 0 unspecified atom stereocenters. The SMILES string of the molecule is CN(CC(=O)Nc1ccccc1Cn1cccn1)C(=O)c1ccc(Br)s1. The van der Waals surface area contributed by atoms with Gasteiger partial charge in [-0.25, -0.2) is 0 Å². The van der Waals surface area contributed by atoms with E-state index in [2.05, 4.69) is 26.3 Å². The summed E-state index contributed by atoms with van der Waals surface area (Å²) in [6, 6.07) is 13.0. The van der Waals surface area contributed by atoms with Crippen LogP contribution in [0.2, 0.25) is 0 Å². The predicted molar refractivity (Wildman–Crippen MR) is 105 cm³/mol. The molecule has 0 radical (unpaired) electrons. The highest BCUT2D eigenvalue weighted by molar-refractivity contribution is 9.11. The van der Waals surface area contributed by atoms with Crippen molar-refractivity contribution in [2.45, 2.75) is 6.54 Å². The first-order valence-electron chi connectivity index (χ1n) is 7.89. The Morgan fingerprint density at radius 2 is 2.04 bits per heavy atom. The van der Waals surface area contributed by atoms with E-state index in [-0.39, 0.29) is 18.4 Å². The molecular formula is C18H17BrN4O2S. The van der Waals surface area contributed by atoms with Crippen LogP contribution in [0.15, 0.2) is 58.6 Å². The molecule has 0 bridgehead atoms. The lowest BCUT2D eigenvalue weighted by atomic mass is 10.1. The number of benzene rings is 1. The molecule has 26 heavy (non-hydrogen) atoms. The second kappa shape index (κ2) is 8.29. The molecule has 0 saturated carbocycles. The summed E-state index contributed by atoms with van der Waals surface area (Å²) < 4.78 is 2.67. The smallest absolute Gasteiger partial charge is 0.264 e. The number of nitrogens with one attached hydrogen (secondary N) is 1. The first kappa shape index (κ1) is 18.3. The van der Waals surface area contributed by atoms with Gasteiger partial charge >= 0.3 is 0 Å². The van der Waals surface area contributed by atoms with E-state index in [4.69, 9.17) is 0 Å². The van der Waals surface area contributed by atoms with Crippen molar-refractivity contribution in [2.24, 2.45) is 0 Å². The Balaban J connectivity index is 1.64. The Morgan fingerprint density at radius 1 is 1.23 bits per heavy atom. The molecule has 0 aliphatic heterocycles. The van der Waals surface area contributed by atoms with Crippen LogP contribution in [0.5, 0.6) is 0 Å². The van der Waals surface area contributed by atoms with Crippen molar-refractivity contribution in [1.29, 1.82) is 0 Å². The molecule has 0 aliphatic carbocycles. The number of rotatable bonds is 6. The summed E-state index contributed by atoms with van der Waals surface area (Å²) in [4.78, 5) is 26.7. The maximum absolute atomic E-state index is 12.4. The molecular weight excluding hydrogens is 416 g/mol. The highest BCUT2D eigenvalue weighted by atomic mass is 79.9. The number of hydrogen-bond acceptors (Lipinski definition) is 4. The third kappa shape index (κ3) is 4.59. The minimum absolute atomic E-state index is 0.0234. The third-order valence-corrected chi connectivity index (χ3v) is 5.31. The van der Waals surface area contributed by atoms with Gasteiger partial charge in [0.05, 0.1) is 21.8 Å². The summed E-state index contributed by atoms with van der Waals surface area (Å²) in [6.07, 6.45) is 3.58. The summed E-state index contributed by atoms with van der Waals surface area (Å²) in [6.45, 7) is 0.534. The predicted octanol–water partition coefficient (Wildman–Crippen LogP) is 3.47. The zero-order chi connectivity index (χ0) is 18.5. The molecule has 134 valence electrons. The summed E-state index contributed by atoms with van der Waals surface area (Å²) in [5.74, 6) is -0.426. The molecule has 3 aromatic rings. The minimum atomic E-state index is -0.246. The number of likely N-dealkylation sites (N-methyl/N-ethyl adjacent to an activating group) is 1. The van der Waals surface area contributed by atoms with E-state index >= 15 is 0 Å². The number of carbonyl (C=O) groups is 2. The summed E-state index contributed by atoms with van der Waals surface area (Å²) in [5.41, 5.74) is 1.66. The van der Waals surface area contributed by atoms with Gasteiger partial charge in [0, 0.05) is 25.1 Å². The lowest BCUT2D eigenvalue weighted by molar-refractivity contribution is -0.116. The van der Waals surface area contributed by atoms with Gasteiger partial charge in [0.15, 0.2) is 0 Å². The van der Waals surface area contributed by atoms with Gasteiger partial charge in [-0.15, -0.1) is 11.3 Å². The van der Waals surface area contributed by atoms with Crippen molar-refractivity contribution >= 4 is 44.8 Å². The van der Waals surface area contributed by atoms with Crippen molar-refractivity contribution in [3.8, 4) is 0 Å². The van der Waals surface area contributed by atoms with Crippen LogP contribution in [-0.4, -0.2) is 40.1 Å². The summed E-state index contributed by atoms with van der Waals surface area (Å²) in [5, 5.41) is 7.07. The fourth-order valence-electron chi connectivity index (χ4n) is 2.44. The van der Waals surface area contributed by atoms with Crippen LogP contribution in [0.1, 0.15) is 15.2 Å². The second-order valence-electron chi connectivity index (χ2n) is 5.67. The quantitative estimate of drug-likeness (QED) is 0.648. The maximum atomic E-state index is 12.4. The van der Waals surface area contributed by atoms with Crippen LogP contribution in [0.3, 0.4) is 0 Å². The van der Waals surface area contributed by atoms with Crippen LogP contribution in [0.4, 0.5) is 5.69 Å². The van der Waals surface area contributed by atoms with Crippen LogP contribution >= 0.6 is 27.3 Å². The van der Waals surface area contributed by atoms with Gasteiger partial charge in [0.2, 0.25) is 5.91 Å². The molecule has 2 aromatic heterocycles. The molecule has 2 heterocycles. The van der Waals surface area contributed by atoms with Crippen LogP contribution in [0.25, 0.3) is 0 Å². The minimum Gasteiger partial charge on any atom is -0.332 e. The summed E-state index contributed by atoms with van der Waals surface area (Å²) in [7, 11) is 1.62. The highest BCUT2D eigenvalue weighted by Gasteiger charge is 2.17. The van der Waals surface area contributed by atoms with E-state index in [0.29, 0.717) is 17.1 Å². The van der Waals surface area contributed by atoms with Gasteiger partial charge in [-0.05, 0) is 45.8 Å². The molecule has 3 rings (SSSR count). The zero-order valence-corrected chi connectivity index (χ0v) is 16.5. The monoisotopic (exact) mass is 432 g/mol. The van der Waals surface area contributed by atoms with Crippen LogP contribution in [0, 0.1) is 0 Å². The number of halogens is 1. The molecule has 0 atom stereocenters. The largest absolute Gasteiger partial charge is 0.332 e. The highest BCUT2D eigenvalue weighted by Crippen LogP contribution is 2.23. The normalized spacial score (nSPS) is 10.5. The Bertz CT molecular complexity index is 908. The van der Waals surface area contributed by atoms with Gasteiger partial charge < -0.3 is 10.2 Å². The molecule has 1 N–H and O–H groups in total. The Kier molecular flexibility index (Phi) is 5.85. The molecule has 0 fully saturated rings. The third-order valence-electron chi connectivity index (χ3n) is 3.69. The number of nitrogens with zero attached hydrogens (tertiary/aromatic N) is 3. The molecule has 0 spiro atoms. The van der Waals surface area contributed by atoms with E-state index in [1.165, 1.54) is 16.2 Å². The summed E-state index contributed by atoms with van der Waals surface area (Å²) >= 11 is 4.68. The fraction of sp³-hybridized carbons (Fsp3) is 0.167. The molecule has 6 nitrogen and oxygen atoms in total. The van der Waals surface area contributed by atoms with Crippen LogP contribution in [-0.2, 0) is 11.3 Å². The zero-order valence-electron chi connectivity index (χ0n) is 14.1. The molecule has 8 heteroatoms. The molecule has 0 aliphatic rings. The van der Waals surface area contributed by atoms with E-state index < -0.39 is 0 Å². The first-order valence-corrected chi connectivity index (χ1v) is 9.50. The molecule has 2 amide bonds. The van der Waals surface area contributed by atoms with Gasteiger partial charge in [-0.3, -0.25) is 14.3 Å². The number of hydrogen-bond donors (Lipinski definition) is 1. The van der Waals surface area contributed by atoms with Gasteiger partial charge in [-0.1, -0.05) is 18.2 Å². The van der Waals surface area contributed by atoms with E-state index in [0.717, 1.165) is 9.35 Å². The Hall–Kier alpha value is -2.45. The van der Waals surface area contributed by atoms with Crippen LogP contribution < -0.4 is 5.32 Å². The molecule has 0 saturated heterocycles. The first-order chi connectivity index (χ1) is 12.5. The number of amides is 2. The van der Waals surface area contributed by atoms with Gasteiger partial charge in [0.1, 0.15) is 0 Å². The maximum Gasteiger partial charge on any atom is 0.264 e. The van der Waals surface area contributed by atoms with E-state index in [1.54, 1.807) is 24.0 Å². The Morgan fingerprint density at radius 3 is 2.73 bits per heavy atom. The number of carbonyl (C=O) groups excluding carboxylic acids is 2. The van der Waals surface area contributed by atoms with E-state index in [9.17, 15) is 9.59 Å². The topological polar surface area (TPSA) is 67.2 Å².